The fourth-order valence-corrected chi connectivity index (χ4v) is 3.88. The minimum absolute atomic E-state index is 0.0958. The van der Waals surface area contributed by atoms with Crippen LogP contribution >= 0.6 is 0 Å². The molecule has 0 radical (unpaired) electrons. The van der Waals surface area contributed by atoms with Crippen molar-refractivity contribution in [3.05, 3.63) is 24.3 Å². The summed E-state index contributed by atoms with van der Waals surface area (Å²) >= 11 is 0. The molecule has 0 amide bonds. The Bertz CT molecular complexity index is 397. The fourth-order valence-electron chi connectivity index (χ4n) is 2.77. The molecule has 0 rings (SSSR count). The van der Waals surface area contributed by atoms with Gasteiger partial charge in [0.05, 0.1) is 13.2 Å². The van der Waals surface area contributed by atoms with Gasteiger partial charge in [-0.25, -0.2) is 0 Å². The van der Waals surface area contributed by atoms with E-state index in [0.29, 0.717) is 6.42 Å². The van der Waals surface area contributed by atoms with Crippen LogP contribution in [0.3, 0.4) is 0 Å². The number of hydrogen-bond donors (Lipinski definition) is 0. The van der Waals surface area contributed by atoms with Gasteiger partial charge in [-0.1, -0.05) is 69.8 Å². The van der Waals surface area contributed by atoms with Gasteiger partial charge in [0.2, 0.25) is 0 Å². The zero-order chi connectivity index (χ0) is 19.7. The van der Waals surface area contributed by atoms with E-state index in [-0.39, 0.29) is 12.1 Å². The van der Waals surface area contributed by atoms with Crippen LogP contribution in [0.15, 0.2) is 24.3 Å². The van der Waals surface area contributed by atoms with E-state index >= 15 is 0 Å². The third-order valence-electron chi connectivity index (χ3n) is 4.15. The topological polar surface area (TPSA) is 35.5 Å². The lowest BCUT2D eigenvalue weighted by atomic mass is 10.1. The highest BCUT2D eigenvalue weighted by molar-refractivity contribution is 6.69. The van der Waals surface area contributed by atoms with Crippen LogP contribution in [0.4, 0.5) is 0 Å². The Morgan fingerprint density at radius 1 is 0.962 bits per heavy atom. The molecule has 1 unspecified atom stereocenters. The number of allylic oxidation sites excluding steroid dienone is 3. The molecule has 0 aliphatic heterocycles. The minimum atomic E-state index is -1.53. The fraction of sp³-hybridized carbons (Fsp3) is 0.773. The molecule has 0 N–H and O–H groups in total. The van der Waals surface area contributed by atoms with E-state index in [1.165, 1.54) is 52.1 Å². The van der Waals surface area contributed by atoms with Gasteiger partial charge in [-0.05, 0) is 45.3 Å². The smallest absolute Gasteiger partial charge is 0.305 e. The zero-order valence-corrected chi connectivity index (χ0v) is 18.9. The largest absolute Gasteiger partial charge is 0.469 e. The monoisotopic (exact) mass is 382 g/mol. The van der Waals surface area contributed by atoms with Crippen molar-refractivity contribution in [2.75, 3.05) is 7.11 Å². The van der Waals surface area contributed by atoms with Gasteiger partial charge in [0, 0.05) is 6.42 Å². The summed E-state index contributed by atoms with van der Waals surface area (Å²) in [5.41, 5.74) is 0. The third kappa shape index (κ3) is 17.9. The summed E-state index contributed by atoms with van der Waals surface area (Å²) < 4.78 is 11.0. The number of carbonyl (C=O) groups excluding carboxylic acids is 1. The highest BCUT2D eigenvalue weighted by Crippen LogP contribution is 2.16. The van der Waals surface area contributed by atoms with Crippen molar-refractivity contribution in [3.63, 3.8) is 0 Å². The first kappa shape index (κ1) is 25.1. The maximum Gasteiger partial charge on any atom is 0.305 e. The summed E-state index contributed by atoms with van der Waals surface area (Å²) in [7, 11) is -0.0778. The summed E-state index contributed by atoms with van der Waals surface area (Å²) in [5, 5.41) is 0. The van der Waals surface area contributed by atoms with Gasteiger partial charge in [-0.15, -0.1) is 0 Å². The van der Waals surface area contributed by atoms with Gasteiger partial charge >= 0.3 is 5.97 Å². The van der Waals surface area contributed by atoms with Gasteiger partial charge < -0.3 is 9.16 Å². The number of methoxy groups -OCH3 is 1. The predicted octanol–water partition coefficient (Wildman–Crippen LogP) is 6.80. The Hall–Kier alpha value is -0.873. The second-order valence-electron chi connectivity index (χ2n) is 7.96. The summed E-state index contributed by atoms with van der Waals surface area (Å²) in [6, 6.07) is 0. The Balaban J connectivity index is 4.05. The van der Waals surface area contributed by atoms with Gasteiger partial charge in [0.15, 0.2) is 8.32 Å². The maximum atomic E-state index is 11.1. The van der Waals surface area contributed by atoms with Crippen LogP contribution in [-0.2, 0) is 14.0 Å². The molecule has 0 saturated heterocycles. The molecule has 0 aromatic carbocycles. The van der Waals surface area contributed by atoms with E-state index in [4.69, 9.17) is 4.43 Å². The lowest BCUT2D eigenvalue weighted by molar-refractivity contribution is -0.140. The van der Waals surface area contributed by atoms with Gasteiger partial charge in [-0.3, -0.25) is 4.79 Å². The molecule has 4 heteroatoms. The number of esters is 1. The summed E-state index contributed by atoms with van der Waals surface area (Å²) in [6.07, 6.45) is 21.3. The molecule has 0 aliphatic rings. The quantitative estimate of drug-likeness (QED) is 0.127. The number of ether oxygens (including phenoxy) is 1. The van der Waals surface area contributed by atoms with Crippen LogP contribution in [0, 0.1) is 0 Å². The molecule has 3 nitrogen and oxygen atoms in total. The third-order valence-corrected chi connectivity index (χ3v) is 5.16. The number of hydrogen-bond acceptors (Lipinski definition) is 3. The van der Waals surface area contributed by atoms with Gasteiger partial charge in [0.25, 0.3) is 0 Å². The standard InChI is InChI=1S/C22H42O3Si/c1-6-7-8-9-10-12-15-18-21(25-26(3,4)5)19-16-13-11-14-17-20-22(23)24-2/h10,12,15,18,21H,6-9,11,13-14,16-17,19-20H2,1-5H3/b12-10-,18-15+. The Labute approximate surface area is 163 Å². The van der Waals surface area contributed by atoms with Crippen molar-refractivity contribution in [3.8, 4) is 0 Å². The summed E-state index contributed by atoms with van der Waals surface area (Å²) in [5.74, 6) is -0.0958. The second-order valence-corrected chi connectivity index (χ2v) is 12.4. The molecule has 0 saturated carbocycles. The van der Waals surface area contributed by atoms with Crippen LogP contribution in [0.25, 0.3) is 0 Å². The molecule has 0 aliphatic carbocycles. The maximum absolute atomic E-state index is 11.1. The predicted molar refractivity (Wildman–Crippen MR) is 115 cm³/mol. The van der Waals surface area contributed by atoms with Crippen molar-refractivity contribution in [1.82, 2.24) is 0 Å². The van der Waals surface area contributed by atoms with Crippen molar-refractivity contribution in [2.45, 2.75) is 103 Å². The molecule has 1 atom stereocenters. The SMILES string of the molecule is CCCCC/C=C\C=C\C(CCCCCCCC(=O)OC)O[Si](C)(C)C. The minimum Gasteiger partial charge on any atom is -0.469 e. The number of unbranched alkanes of at least 4 members (excludes halogenated alkanes) is 7. The van der Waals surface area contributed by atoms with Crippen LogP contribution in [0.1, 0.15) is 77.6 Å². The van der Waals surface area contributed by atoms with Crippen molar-refractivity contribution >= 4 is 14.3 Å². The zero-order valence-electron chi connectivity index (χ0n) is 17.9. The molecule has 26 heavy (non-hydrogen) atoms. The average molecular weight is 383 g/mol. The Morgan fingerprint density at radius 3 is 2.31 bits per heavy atom. The first-order valence-corrected chi connectivity index (χ1v) is 13.9. The summed E-state index contributed by atoms with van der Waals surface area (Å²) in [6.45, 7) is 8.99. The molecule has 0 spiro atoms. The van der Waals surface area contributed by atoms with E-state index < -0.39 is 8.32 Å². The summed E-state index contributed by atoms with van der Waals surface area (Å²) in [4.78, 5) is 11.1. The highest BCUT2D eigenvalue weighted by atomic mass is 28.4. The van der Waals surface area contributed by atoms with Gasteiger partial charge in [0.1, 0.15) is 0 Å². The van der Waals surface area contributed by atoms with Crippen LogP contribution in [-0.4, -0.2) is 27.5 Å². The van der Waals surface area contributed by atoms with E-state index in [2.05, 4.69) is 55.6 Å². The number of carbonyl (C=O) groups is 1. The molecular weight excluding hydrogens is 340 g/mol. The van der Waals surface area contributed by atoms with E-state index in [1.54, 1.807) is 0 Å². The second kappa shape index (κ2) is 16.3. The highest BCUT2D eigenvalue weighted by Gasteiger charge is 2.18. The average Bonchev–Trinajstić information content (AvgIpc) is 2.58. The van der Waals surface area contributed by atoms with Crippen LogP contribution < -0.4 is 0 Å². The number of rotatable bonds is 16. The van der Waals surface area contributed by atoms with E-state index in [0.717, 1.165) is 19.3 Å². The first-order chi connectivity index (χ1) is 12.4. The lowest BCUT2D eigenvalue weighted by Crippen LogP contribution is -2.31. The van der Waals surface area contributed by atoms with Crippen molar-refractivity contribution in [2.24, 2.45) is 0 Å². The van der Waals surface area contributed by atoms with E-state index in [9.17, 15) is 4.79 Å². The van der Waals surface area contributed by atoms with Crippen LogP contribution in [0.2, 0.25) is 19.6 Å². The van der Waals surface area contributed by atoms with Crippen molar-refractivity contribution < 1.29 is 14.0 Å². The molecule has 0 aromatic rings. The molecule has 0 bridgehead atoms. The molecule has 0 heterocycles. The van der Waals surface area contributed by atoms with Gasteiger partial charge in [-0.2, -0.15) is 0 Å². The first-order valence-electron chi connectivity index (χ1n) is 10.5. The molecular formula is C22H42O3Si. The lowest BCUT2D eigenvalue weighted by Gasteiger charge is -2.24. The van der Waals surface area contributed by atoms with Crippen molar-refractivity contribution in [1.29, 1.82) is 0 Å². The molecule has 0 fully saturated rings. The van der Waals surface area contributed by atoms with Crippen LogP contribution in [0.5, 0.6) is 0 Å². The Kier molecular flexibility index (Phi) is 15.8. The Morgan fingerprint density at radius 2 is 1.65 bits per heavy atom. The normalized spacial score (nSPS) is 13.6. The molecule has 0 aromatic heterocycles. The van der Waals surface area contributed by atoms with E-state index in [1.807, 2.05) is 0 Å². The molecule has 152 valence electrons.